The highest BCUT2D eigenvalue weighted by Crippen LogP contribution is 2.21. The Hall–Kier alpha value is -2.12. The van der Waals surface area contributed by atoms with Gasteiger partial charge in [0.1, 0.15) is 0 Å². The second-order valence-corrected chi connectivity index (χ2v) is 7.42. The van der Waals surface area contributed by atoms with Gasteiger partial charge in [0, 0.05) is 26.2 Å². The molecule has 0 atom stereocenters. The van der Waals surface area contributed by atoms with Crippen molar-refractivity contribution in [2.75, 3.05) is 49.9 Å². The number of hydrogen-bond acceptors (Lipinski definition) is 4. The molecule has 3 rings (SSSR count). The first kappa shape index (κ1) is 20.6. The lowest BCUT2D eigenvalue weighted by atomic mass is 10.3. The number of piperazine rings is 1. The van der Waals surface area contributed by atoms with E-state index in [0.29, 0.717) is 34.5 Å². The smallest absolute Gasteiger partial charge is 0.238 e. The molecule has 0 spiro atoms. The van der Waals surface area contributed by atoms with Crippen LogP contribution >= 0.6 is 23.2 Å². The van der Waals surface area contributed by atoms with Gasteiger partial charge in [0.25, 0.3) is 0 Å². The third-order valence-corrected chi connectivity index (χ3v) is 5.15. The third kappa shape index (κ3) is 5.94. The molecule has 1 aliphatic heterocycles. The average molecular weight is 421 g/mol. The van der Waals surface area contributed by atoms with Crippen molar-refractivity contribution in [2.45, 2.75) is 0 Å². The highest BCUT2D eigenvalue weighted by atomic mass is 35.5. The maximum absolute atomic E-state index is 12.2. The van der Waals surface area contributed by atoms with Crippen molar-refractivity contribution < 1.29 is 9.59 Å². The van der Waals surface area contributed by atoms with Crippen LogP contribution < -0.4 is 10.6 Å². The monoisotopic (exact) mass is 420 g/mol. The van der Waals surface area contributed by atoms with Crippen LogP contribution in [-0.2, 0) is 9.59 Å². The van der Waals surface area contributed by atoms with Gasteiger partial charge in [0.05, 0.1) is 34.5 Å². The van der Waals surface area contributed by atoms with Crippen LogP contribution in [0.5, 0.6) is 0 Å². The van der Waals surface area contributed by atoms with Crippen molar-refractivity contribution >= 4 is 46.4 Å². The molecule has 2 aromatic carbocycles. The van der Waals surface area contributed by atoms with E-state index in [2.05, 4.69) is 20.4 Å². The molecule has 2 N–H and O–H groups in total. The number of rotatable bonds is 6. The number of nitrogens with one attached hydrogen (secondary N) is 2. The van der Waals surface area contributed by atoms with Crippen LogP contribution in [0.15, 0.2) is 48.5 Å². The fourth-order valence-electron chi connectivity index (χ4n) is 3.02. The zero-order valence-electron chi connectivity index (χ0n) is 15.3. The van der Waals surface area contributed by atoms with Crippen molar-refractivity contribution in [3.63, 3.8) is 0 Å². The summed E-state index contributed by atoms with van der Waals surface area (Å²) in [5, 5.41) is 6.70. The Morgan fingerprint density at radius 1 is 0.714 bits per heavy atom. The number of carbonyl (C=O) groups excluding carboxylic acids is 2. The third-order valence-electron chi connectivity index (χ3n) is 4.50. The Morgan fingerprint density at radius 2 is 1.07 bits per heavy atom. The Labute approximate surface area is 174 Å². The van der Waals surface area contributed by atoms with E-state index in [1.54, 1.807) is 24.3 Å². The molecule has 0 aromatic heterocycles. The lowest BCUT2D eigenvalue weighted by molar-refractivity contribution is -0.120. The molecule has 8 heteroatoms. The van der Waals surface area contributed by atoms with Crippen LogP contribution in [0.4, 0.5) is 11.4 Å². The molecular formula is C20H22Cl2N4O2. The van der Waals surface area contributed by atoms with Gasteiger partial charge < -0.3 is 10.6 Å². The maximum Gasteiger partial charge on any atom is 0.238 e. The molecular weight excluding hydrogens is 399 g/mol. The van der Waals surface area contributed by atoms with Gasteiger partial charge in [-0.1, -0.05) is 47.5 Å². The summed E-state index contributed by atoms with van der Waals surface area (Å²) in [5.41, 5.74) is 1.23. The van der Waals surface area contributed by atoms with E-state index >= 15 is 0 Å². The predicted molar refractivity (Wildman–Crippen MR) is 113 cm³/mol. The average Bonchev–Trinajstić information content (AvgIpc) is 2.67. The van der Waals surface area contributed by atoms with Gasteiger partial charge in [-0.25, -0.2) is 0 Å². The van der Waals surface area contributed by atoms with Crippen molar-refractivity contribution in [2.24, 2.45) is 0 Å². The second kappa shape index (κ2) is 9.89. The summed E-state index contributed by atoms with van der Waals surface area (Å²) in [6, 6.07) is 14.3. The molecule has 6 nitrogen and oxygen atoms in total. The summed E-state index contributed by atoms with van der Waals surface area (Å²) in [6.07, 6.45) is 0. The molecule has 1 saturated heterocycles. The minimum absolute atomic E-state index is 0.0991. The molecule has 1 fully saturated rings. The number of anilines is 2. The fourth-order valence-corrected chi connectivity index (χ4v) is 3.38. The first-order valence-electron chi connectivity index (χ1n) is 9.05. The molecule has 1 heterocycles. The minimum atomic E-state index is -0.0991. The normalized spacial score (nSPS) is 15.2. The van der Waals surface area contributed by atoms with Gasteiger partial charge in [-0.05, 0) is 24.3 Å². The molecule has 0 saturated carbocycles. The first-order chi connectivity index (χ1) is 13.5. The van der Waals surface area contributed by atoms with Crippen LogP contribution in [0.25, 0.3) is 0 Å². The largest absolute Gasteiger partial charge is 0.324 e. The van der Waals surface area contributed by atoms with Crippen molar-refractivity contribution in [3.05, 3.63) is 58.6 Å². The lowest BCUT2D eigenvalue weighted by Gasteiger charge is -2.33. The summed E-state index contributed by atoms with van der Waals surface area (Å²) >= 11 is 12.1. The standard InChI is InChI=1S/C20H22Cl2N4O2/c21-15-5-1-3-7-17(15)23-19(27)13-25-9-11-26(12-10-25)14-20(28)24-18-8-4-2-6-16(18)22/h1-8H,9-14H2,(H,23,27)(H,24,28). The minimum Gasteiger partial charge on any atom is -0.324 e. The van der Waals surface area contributed by atoms with E-state index in [1.165, 1.54) is 0 Å². The number of halogens is 2. The van der Waals surface area contributed by atoms with Crippen molar-refractivity contribution in [3.8, 4) is 0 Å². The summed E-state index contributed by atoms with van der Waals surface area (Å²) in [6.45, 7) is 3.46. The van der Waals surface area contributed by atoms with Crippen molar-refractivity contribution in [1.29, 1.82) is 0 Å². The summed E-state index contributed by atoms with van der Waals surface area (Å²) in [5.74, 6) is -0.198. The van der Waals surface area contributed by atoms with Crippen LogP contribution in [-0.4, -0.2) is 60.9 Å². The van der Waals surface area contributed by atoms with Gasteiger partial charge in [0.15, 0.2) is 0 Å². The van der Waals surface area contributed by atoms with Crippen LogP contribution in [0, 0.1) is 0 Å². The number of benzene rings is 2. The van der Waals surface area contributed by atoms with Gasteiger partial charge >= 0.3 is 0 Å². The van der Waals surface area contributed by atoms with E-state index in [0.717, 1.165) is 26.2 Å². The Balaban J connectivity index is 1.40. The highest BCUT2D eigenvalue weighted by Gasteiger charge is 2.21. The zero-order chi connectivity index (χ0) is 19.9. The van der Waals surface area contributed by atoms with E-state index in [4.69, 9.17) is 23.2 Å². The summed E-state index contributed by atoms with van der Waals surface area (Å²) < 4.78 is 0. The van der Waals surface area contributed by atoms with E-state index in [1.807, 2.05) is 24.3 Å². The molecule has 1 aliphatic rings. The second-order valence-electron chi connectivity index (χ2n) is 6.61. The van der Waals surface area contributed by atoms with Gasteiger partial charge in [0.2, 0.25) is 11.8 Å². The van der Waals surface area contributed by atoms with Crippen molar-refractivity contribution in [1.82, 2.24) is 9.80 Å². The molecule has 148 valence electrons. The Kier molecular flexibility index (Phi) is 7.28. The molecule has 0 unspecified atom stereocenters. The number of amides is 2. The number of nitrogens with zero attached hydrogens (tertiary/aromatic N) is 2. The SMILES string of the molecule is O=C(CN1CCN(CC(=O)Nc2ccccc2Cl)CC1)Nc1ccccc1Cl. The van der Waals surface area contributed by atoms with E-state index < -0.39 is 0 Å². The molecule has 28 heavy (non-hydrogen) atoms. The van der Waals surface area contributed by atoms with E-state index in [9.17, 15) is 9.59 Å². The van der Waals surface area contributed by atoms with Gasteiger partial charge in [-0.15, -0.1) is 0 Å². The van der Waals surface area contributed by atoms with Crippen LogP contribution in [0.2, 0.25) is 10.0 Å². The highest BCUT2D eigenvalue weighted by molar-refractivity contribution is 6.34. The molecule has 2 amide bonds. The molecule has 2 aromatic rings. The van der Waals surface area contributed by atoms with Crippen LogP contribution in [0.1, 0.15) is 0 Å². The fraction of sp³-hybridized carbons (Fsp3) is 0.300. The number of para-hydroxylation sites is 2. The maximum atomic E-state index is 12.2. The quantitative estimate of drug-likeness (QED) is 0.752. The van der Waals surface area contributed by atoms with E-state index in [-0.39, 0.29) is 11.8 Å². The zero-order valence-corrected chi connectivity index (χ0v) is 16.8. The Morgan fingerprint density at radius 3 is 1.43 bits per heavy atom. The van der Waals surface area contributed by atoms with Gasteiger partial charge in [-0.3, -0.25) is 19.4 Å². The summed E-state index contributed by atoms with van der Waals surface area (Å²) in [4.78, 5) is 28.6. The number of carbonyl (C=O) groups is 2. The first-order valence-corrected chi connectivity index (χ1v) is 9.80. The lowest BCUT2D eigenvalue weighted by Crippen LogP contribution is -2.50. The topological polar surface area (TPSA) is 64.7 Å². The number of hydrogen-bond donors (Lipinski definition) is 2. The molecule has 0 radical (unpaired) electrons. The predicted octanol–water partition coefficient (Wildman–Crippen LogP) is 3.19. The Bertz CT molecular complexity index is 769. The van der Waals surface area contributed by atoms with Crippen LogP contribution in [0.3, 0.4) is 0 Å². The molecule has 0 aliphatic carbocycles. The van der Waals surface area contributed by atoms with Gasteiger partial charge in [-0.2, -0.15) is 0 Å². The molecule has 0 bridgehead atoms. The summed E-state index contributed by atoms with van der Waals surface area (Å²) in [7, 11) is 0.